The van der Waals surface area contributed by atoms with Crippen molar-refractivity contribution in [1.82, 2.24) is 0 Å². The highest BCUT2D eigenvalue weighted by atomic mass is 16.5. The van der Waals surface area contributed by atoms with Gasteiger partial charge in [-0.2, -0.15) is 4.73 Å². The molecule has 0 radical (unpaired) electrons. The molecule has 1 aromatic carbocycles. The quantitative estimate of drug-likeness (QED) is 0.529. The van der Waals surface area contributed by atoms with Crippen LogP contribution in [-0.4, -0.2) is 18.5 Å². The number of hydrogen-bond donors (Lipinski definition) is 1. The first-order valence-corrected chi connectivity index (χ1v) is 6.68. The Morgan fingerprint density at radius 3 is 2.32 bits per heavy atom. The van der Waals surface area contributed by atoms with E-state index < -0.39 is 18.5 Å². The smallest absolute Gasteiger partial charge is 0.339 e. The minimum atomic E-state index is -0.656. The van der Waals surface area contributed by atoms with Crippen molar-refractivity contribution < 1.29 is 19.1 Å². The molecule has 0 saturated heterocycles. The number of aromatic nitrogens is 1. The number of aryl methyl sites for hydroxylation is 2. The molecule has 6 nitrogen and oxygen atoms in total. The second-order valence-corrected chi connectivity index (χ2v) is 4.95. The number of esters is 1. The van der Waals surface area contributed by atoms with Crippen molar-refractivity contribution in [2.24, 2.45) is 0 Å². The van der Waals surface area contributed by atoms with Gasteiger partial charge in [0.05, 0.1) is 5.56 Å². The van der Waals surface area contributed by atoms with Crippen LogP contribution in [-0.2, 0) is 9.53 Å². The molecule has 2 aromatic rings. The van der Waals surface area contributed by atoms with Crippen LogP contribution < -0.4 is 10.0 Å². The molecule has 6 heteroatoms. The number of nitrogens with zero attached hydrogens (tertiary/aromatic N) is 1. The first kappa shape index (κ1) is 15.5. The average Bonchev–Trinajstić information content (AvgIpc) is 2.44. The van der Waals surface area contributed by atoms with Crippen molar-refractivity contribution in [3.63, 3.8) is 0 Å². The van der Waals surface area contributed by atoms with Gasteiger partial charge in [0.2, 0.25) is 0 Å². The molecule has 0 atom stereocenters. The van der Waals surface area contributed by atoms with Crippen molar-refractivity contribution in [2.75, 3.05) is 11.9 Å². The summed E-state index contributed by atoms with van der Waals surface area (Å²) in [5.74, 6) is -1.08. The van der Waals surface area contributed by atoms with Gasteiger partial charge in [0, 0.05) is 17.8 Å². The van der Waals surface area contributed by atoms with Gasteiger partial charge in [-0.3, -0.25) is 4.79 Å². The van der Waals surface area contributed by atoms with Gasteiger partial charge >= 0.3 is 5.97 Å². The van der Waals surface area contributed by atoms with Gasteiger partial charge in [0.25, 0.3) is 5.91 Å². The second-order valence-electron chi connectivity index (χ2n) is 4.95. The summed E-state index contributed by atoms with van der Waals surface area (Å²) in [6.07, 6.45) is 2.37. The number of nitrogens with one attached hydrogen (secondary N) is 1. The second kappa shape index (κ2) is 6.71. The monoisotopic (exact) mass is 300 g/mol. The largest absolute Gasteiger partial charge is 0.619 e. The normalized spacial score (nSPS) is 10.1. The summed E-state index contributed by atoms with van der Waals surface area (Å²) in [7, 11) is 0. The van der Waals surface area contributed by atoms with Crippen molar-refractivity contribution in [3.8, 4) is 0 Å². The van der Waals surface area contributed by atoms with Crippen molar-refractivity contribution in [2.45, 2.75) is 13.8 Å². The van der Waals surface area contributed by atoms with Gasteiger partial charge in [-0.25, -0.2) is 4.79 Å². The van der Waals surface area contributed by atoms with Crippen LogP contribution in [0.5, 0.6) is 0 Å². The Hall–Kier alpha value is -2.89. The maximum absolute atomic E-state index is 11.8. The molecular formula is C16H16N2O4. The summed E-state index contributed by atoms with van der Waals surface area (Å²) in [6.45, 7) is 3.47. The molecule has 0 bridgehead atoms. The molecule has 114 valence electrons. The zero-order valence-electron chi connectivity index (χ0n) is 12.3. The van der Waals surface area contributed by atoms with Gasteiger partial charge in [-0.15, -0.1) is 0 Å². The fourth-order valence-electron chi connectivity index (χ4n) is 2.01. The molecule has 0 spiro atoms. The number of benzene rings is 1. The van der Waals surface area contributed by atoms with Crippen LogP contribution >= 0.6 is 0 Å². The van der Waals surface area contributed by atoms with Crippen LogP contribution in [0.2, 0.25) is 0 Å². The topological polar surface area (TPSA) is 82.3 Å². The number of pyridine rings is 1. The summed E-state index contributed by atoms with van der Waals surface area (Å²) in [5, 5.41) is 13.5. The molecule has 0 fully saturated rings. The minimum absolute atomic E-state index is 0.214. The third-order valence-electron chi connectivity index (χ3n) is 2.88. The first-order valence-electron chi connectivity index (χ1n) is 6.68. The number of anilines is 1. The van der Waals surface area contributed by atoms with E-state index in [1.165, 1.54) is 24.5 Å². The maximum Gasteiger partial charge on any atom is 0.339 e. The van der Waals surface area contributed by atoms with Crippen LogP contribution in [0.3, 0.4) is 0 Å². The lowest BCUT2D eigenvalue weighted by atomic mass is 10.1. The van der Waals surface area contributed by atoms with E-state index in [-0.39, 0.29) is 5.56 Å². The van der Waals surface area contributed by atoms with E-state index in [2.05, 4.69) is 5.32 Å². The molecule has 0 aliphatic heterocycles. The van der Waals surface area contributed by atoms with Crippen molar-refractivity contribution in [1.29, 1.82) is 0 Å². The number of carbonyl (C=O) groups excluding carboxylic acids is 2. The maximum atomic E-state index is 11.8. The molecule has 0 unspecified atom stereocenters. The highest BCUT2D eigenvalue weighted by Crippen LogP contribution is 2.13. The molecule has 0 aliphatic carbocycles. The van der Waals surface area contributed by atoms with Crippen LogP contribution in [0.1, 0.15) is 21.5 Å². The molecular weight excluding hydrogens is 284 g/mol. The number of carbonyl (C=O) groups is 2. The van der Waals surface area contributed by atoms with E-state index in [0.717, 1.165) is 11.1 Å². The predicted molar refractivity (Wildman–Crippen MR) is 80.2 cm³/mol. The zero-order valence-corrected chi connectivity index (χ0v) is 12.3. The molecule has 1 N–H and O–H groups in total. The standard InChI is InChI=1S/C16H16N2O4/c1-11-7-12(2)9-14(8-11)17-15(19)10-22-16(20)13-3-5-18(21)6-4-13/h3-9H,10H2,1-2H3,(H,17,19). The summed E-state index contributed by atoms with van der Waals surface area (Å²) in [4.78, 5) is 23.5. The molecule has 1 amide bonds. The van der Waals surface area contributed by atoms with Gasteiger partial charge < -0.3 is 15.3 Å². The Bertz CT molecular complexity index is 676. The van der Waals surface area contributed by atoms with E-state index in [1.54, 1.807) is 0 Å². The lowest BCUT2D eigenvalue weighted by Crippen LogP contribution is -2.25. The summed E-state index contributed by atoms with van der Waals surface area (Å²) in [5.41, 5.74) is 2.93. The molecule has 0 saturated carbocycles. The first-order chi connectivity index (χ1) is 10.4. The number of rotatable bonds is 4. The lowest BCUT2D eigenvalue weighted by molar-refractivity contribution is -0.605. The Balaban J connectivity index is 1.89. The van der Waals surface area contributed by atoms with Crippen molar-refractivity contribution in [3.05, 3.63) is 64.6 Å². The number of amides is 1. The zero-order chi connectivity index (χ0) is 16.1. The van der Waals surface area contributed by atoms with Gasteiger partial charge in [-0.05, 0) is 37.1 Å². The summed E-state index contributed by atoms with van der Waals surface area (Å²) < 4.78 is 5.46. The third-order valence-corrected chi connectivity index (χ3v) is 2.88. The van der Waals surface area contributed by atoms with Crippen LogP contribution in [0.4, 0.5) is 5.69 Å². The molecule has 1 aromatic heterocycles. The van der Waals surface area contributed by atoms with E-state index in [1.807, 2.05) is 32.0 Å². The summed E-state index contributed by atoms with van der Waals surface area (Å²) >= 11 is 0. The Morgan fingerprint density at radius 1 is 1.14 bits per heavy atom. The van der Waals surface area contributed by atoms with Crippen LogP contribution in [0.15, 0.2) is 42.7 Å². The van der Waals surface area contributed by atoms with E-state index >= 15 is 0 Å². The van der Waals surface area contributed by atoms with E-state index in [4.69, 9.17) is 4.74 Å². The summed E-state index contributed by atoms with van der Waals surface area (Å²) in [6, 6.07) is 8.31. The SMILES string of the molecule is Cc1cc(C)cc(NC(=O)COC(=O)c2cc[n+]([O-])cc2)c1. The van der Waals surface area contributed by atoms with Crippen molar-refractivity contribution >= 4 is 17.6 Å². The van der Waals surface area contributed by atoms with Crippen LogP contribution in [0.25, 0.3) is 0 Å². The lowest BCUT2D eigenvalue weighted by Gasteiger charge is -2.08. The average molecular weight is 300 g/mol. The fraction of sp³-hybridized carbons (Fsp3) is 0.188. The fourth-order valence-corrected chi connectivity index (χ4v) is 2.01. The van der Waals surface area contributed by atoms with Gasteiger partial charge in [-0.1, -0.05) is 6.07 Å². The van der Waals surface area contributed by atoms with Gasteiger partial charge in [0.15, 0.2) is 19.0 Å². The predicted octanol–water partition coefficient (Wildman–Crippen LogP) is 1.73. The van der Waals surface area contributed by atoms with Gasteiger partial charge in [0.1, 0.15) is 0 Å². The number of ether oxygens (including phenoxy) is 1. The highest BCUT2D eigenvalue weighted by molar-refractivity contribution is 5.95. The molecule has 0 aliphatic rings. The van der Waals surface area contributed by atoms with E-state index in [0.29, 0.717) is 10.4 Å². The minimum Gasteiger partial charge on any atom is -0.619 e. The highest BCUT2D eigenvalue weighted by Gasteiger charge is 2.11. The van der Waals surface area contributed by atoms with Crippen LogP contribution in [0, 0.1) is 19.1 Å². The third kappa shape index (κ3) is 4.31. The Kier molecular flexibility index (Phi) is 4.73. The molecule has 2 rings (SSSR count). The Morgan fingerprint density at radius 2 is 1.73 bits per heavy atom. The molecule has 1 heterocycles. The molecule has 22 heavy (non-hydrogen) atoms. The Labute approximate surface area is 127 Å². The van der Waals surface area contributed by atoms with E-state index in [9.17, 15) is 14.8 Å². The number of hydrogen-bond acceptors (Lipinski definition) is 4.